The lowest BCUT2D eigenvalue weighted by molar-refractivity contribution is 0.0371. The number of fused-ring (bicyclic) bond motifs is 1. The monoisotopic (exact) mass is 353 g/mol. The number of Topliss-reactive ketones (excluding diaryl/α,β-unsaturated/α-hetero) is 1. The van der Waals surface area contributed by atoms with E-state index in [0.29, 0.717) is 12.1 Å². The van der Waals surface area contributed by atoms with Crippen molar-refractivity contribution in [2.75, 3.05) is 32.8 Å². The summed E-state index contributed by atoms with van der Waals surface area (Å²) < 4.78 is 7.10. The maximum Gasteiger partial charge on any atom is 0.183 e. The number of pyridine rings is 1. The van der Waals surface area contributed by atoms with Crippen LogP contribution < -0.4 is 0 Å². The minimum atomic E-state index is 0.0920. The van der Waals surface area contributed by atoms with Crippen LogP contribution in [0.3, 0.4) is 0 Å². The van der Waals surface area contributed by atoms with Crippen molar-refractivity contribution in [1.29, 1.82) is 0 Å². The van der Waals surface area contributed by atoms with Crippen molar-refractivity contribution < 1.29 is 9.53 Å². The van der Waals surface area contributed by atoms with E-state index in [1.54, 1.807) is 10.9 Å². The van der Waals surface area contributed by atoms with Crippen LogP contribution in [-0.2, 0) is 11.8 Å². The molecule has 1 N–H and O–H groups in total. The van der Waals surface area contributed by atoms with Gasteiger partial charge in [0.25, 0.3) is 0 Å². The Labute approximate surface area is 152 Å². The van der Waals surface area contributed by atoms with Crippen molar-refractivity contribution in [2.24, 2.45) is 7.05 Å². The number of rotatable bonds is 6. The first-order valence-corrected chi connectivity index (χ1v) is 9.02. The van der Waals surface area contributed by atoms with Gasteiger partial charge in [0.05, 0.1) is 24.6 Å². The molecule has 0 unspecified atom stereocenters. The number of morpholine rings is 1. The van der Waals surface area contributed by atoms with Gasteiger partial charge in [-0.25, -0.2) is 4.98 Å². The highest BCUT2D eigenvalue weighted by atomic mass is 16.5. The fraction of sp³-hybridized carbons (Fsp3) is 0.421. The third-order valence-electron chi connectivity index (χ3n) is 4.82. The van der Waals surface area contributed by atoms with Crippen LogP contribution in [0.1, 0.15) is 23.3 Å². The molecule has 7 nitrogen and oxygen atoms in total. The number of aromatic nitrogens is 4. The normalized spacial score (nSPS) is 15.6. The van der Waals surface area contributed by atoms with E-state index < -0.39 is 0 Å². The molecular weight excluding hydrogens is 330 g/mol. The molecule has 0 spiro atoms. The number of ketones is 1. The number of ether oxygens (including phenoxy) is 1. The van der Waals surface area contributed by atoms with Gasteiger partial charge < -0.3 is 9.72 Å². The maximum absolute atomic E-state index is 12.5. The zero-order chi connectivity index (χ0) is 17.9. The summed E-state index contributed by atoms with van der Waals surface area (Å²) in [6.07, 6.45) is 3.12. The highest BCUT2D eigenvalue weighted by molar-refractivity contribution is 5.95. The molecule has 0 aliphatic carbocycles. The van der Waals surface area contributed by atoms with E-state index >= 15 is 0 Å². The quantitative estimate of drug-likeness (QED) is 0.688. The lowest BCUT2D eigenvalue weighted by Gasteiger charge is -2.26. The number of aryl methyl sites for hydroxylation is 1. The summed E-state index contributed by atoms with van der Waals surface area (Å²) in [6.45, 7) is 4.42. The number of H-pyrrole nitrogens is 1. The summed E-state index contributed by atoms with van der Waals surface area (Å²) in [5, 5.41) is 5.46. The second kappa shape index (κ2) is 7.39. The van der Waals surface area contributed by atoms with E-state index in [0.717, 1.165) is 61.7 Å². The number of hydrogen-bond donors (Lipinski definition) is 1. The number of hydrogen-bond acceptors (Lipinski definition) is 5. The number of nitrogens with one attached hydrogen (secondary N) is 1. The van der Waals surface area contributed by atoms with Crippen LogP contribution >= 0.6 is 0 Å². The molecule has 3 aromatic heterocycles. The van der Waals surface area contributed by atoms with Crippen molar-refractivity contribution in [1.82, 2.24) is 24.6 Å². The van der Waals surface area contributed by atoms with Gasteiger partial charge >= 0.3 is 0 Å². The van der Waals surface area contributed by atoms with Crippen LogP contribution in [0.25, 0.3) is 22.4 Å². The van der Waals surface area contributed by atoms with Crippen molar-refractivity contribution >= 4 is 16.8 Å². The van der Waals surface area contributed by atoms with E-state index in [9.17, 15) is 4.79 Å². The molecule has 4 rings (SSSR count). The maximum atomic E-state index is 12.5. The third kappa shape index (κ3) is 3.54. The van der Waals surface area contributed by atoms with Gasteiger partial charge in [-0.2, -0.15) is 5.10 Å². The van der Waals surface area contributed by atoms with Crippen LogP contribution in [0.4, 0.5) is 0 Å². The van der Waals surface area contributed by atoms with Crippen molar-refractivity contribution in [3.63, 3.8) is 0 Å². The predicted molar refractivity (Wildman–Crippen MR) is 99.1 cm³/mol. The molecule has 1 aliphatic heterocycles. The number of carbonyl (C=O) groups is 1. The number of carbonyl (C=O) groups excluding carboxylic acids is 1. The van der Waals surface area contributed by atoms with Crippen LogP contribution in [-0.4, -0.2) is 63.3 Å². The van der Waals surface area contributed by atoms with Gasteiger partial charge in [-0.3, -0.25) is 14.4 Å². The summed E-state index contributed by atoms with van der Waals surface area (Å²) in [5.41, 5.74) is 3.17. The standard InChI is InChI=1S/C19H23N5O2/c1-23-17(15-12-14-4-2-6-20-19(14)21-15)13-16(22-23)18(25)5-3-7-24-8-10-26-11-9-24/h2,4,6,12-13H,3,5,7-11H2,1H3,(H,20,21). The second-order valence-electron chi connectivity index (χ2n) is 6.64. The fourth-order valence-electron chi connectivity index (χ4n) is 3.37. The lowest BCUT2D eigenvalue weighted by atomic mass is 10.1. The van der Waals surface area contributed by atoms with Crippen molar-refractivity contribution in [3.8, 4) is 11.4 Å². The molecule has 1 aliphatic rings. The van der Waals surface area contributed by atoms with Crippen LogP contribution in [0.2, 0.25) is 0 Å². The van der Waals surface area contributed by atoms with Gasteiger partial charge in [-0.15, -0.1) is 0 Å². The Morgan fingerprint density at radius 1 is 1.31 bits per heavy atom. The van der Waals surface area contributed by atoms with E-state index in [2.05, 4.69) is 20.0 Å². The first kappa shape index (κ1) is 16.9. The first-order chi connectivity index (χ1) is 12.7. The highest BCUT2D eigenvalue weighted by Gasteiger charge is 2.16. The molecule has 0 aromatic carbocycles. The number of aromatic amines is 1. The van der Waals surface area contributed by atoms with Crippen LogP contribution in [0.15, 0.2) is 30.5 Å². The minimum absolute atomic E-state index is 0.0920. The van der Waals surface area contributed by atoms with Crippen LogP contribution in [0, 0.1) is 0 Å². The SMILES string of the molecule is Cn1nc(C(=O)CCCN2CCOCC2)cc1-c1cc2cccnc2[nH]1. The molecule has 7 heteroatoms. The minimum Gasteiger partial charge on any atom is -0.379 e. The molecule has 0 radical (unpaired) electrons. The molecule has 1 fully saturated rings. The van der Waals surface area contributed by atoms with E-state index in [1.165, 1.54) is 0 Å². The smallest absolute Gasteiger partial charge is 0.183 e. The van der Waals surface area contributed by atoms with Crippen LogP contribution in [0.5, 0.6) is 0 Å². The van der Waals surface area contributed by atoms with Gasteiger partial charge in [0.1, 0.15) is 11.3 Å². The van der Waals surface area contributed by atoms with Gasteiger partial charge in [-0.05, 0) is 37.2 Å². The Morgan fingerprint density at radius 2 is 2.15 bits per heavy atom. The zero-order valence-electron chi connectivity index (χ0n) is 14.9. The Bertz CT molecular complexity index is 875. The molecular formula is C19H23N5O2. The molecule has 3 aromatic rings. The van der Waals surface area contributed by atoms with Gasteiger partial charge in [0.2, 0.25) is 0 Å². The van der Waals surface area contributed by atoms with Gasteiger partial charge in [0.15, 0.2) is 5.78 Å². The average Bonchev–Trinajstić information content (AvgIpc) is 3.25. The first-order valence-electron chi connectivity index (χ1n) is 9.02. The summed E-state index contributed by atoms with van der Waals surface area (Å²) in [6, 6.07) is 7.82. The van der Waals surface area contributed by atoms with E-state index in [-0.39, 0.29) is 5.78 Å². The van der Waals surface area contributed by atoms with E-state index in [4.69, 9.17) is 4.74 Å². The zero-order valence-corrected chi connectivity index (χ0v) is 14.9. The Balaban J connectivity index is 1.42. The summed E-state index contributed by atoms with van der Waals surface area (Å²) in [4.78, 5) is 22.5. The fourth-order valence-corrected chi connectivity index (χ4v) is 3.37. The van der Waals surface area contributed by atoms with E-state index in [1.807, 2.05) is 31.3 Å². The molecule has 0 amide bonds. The highest BCUT2D eigenvalue weighted by Crippen LogP contribution is 2.23. The Hall–Kier alpha value is -2.51. The average molecular weight is 353 g/mol. The Morgan fingerprint density at radius 3 is 2.96 bits per heavy atom. The molecule has 0 bridgehead atoms. The van der Waals surface area contributed by atoms with Gasteiger partial charge in [-0.1, -0.05) is 0 Å². The van der Waals surface area contributed by atoms with Crippen molar-refractivity contribution in [2.45, 2.75) is 12.8 Å². The Kier molecular flexibility index (Phi) is 4.81. The molecule has 0 atom stereocenters. The van der Waals surface area contributed by atoms with Gasteiger partial charge in [0, 0.05) is 38.1 Å². The summed E-state index contributed by atoms with van der Waals surface area (Å²) in [5.74, 6) is 0.0920. The predicted octanol–water partition coefficient (Wildman–Crippen LogP) is 2.26. The molecule has 136 valence electrons. The number of nitrogens with zero attached hydrogens (tertiary/aromatic N) is 4. The largest absolute Gasteiger partial charge is 0.379 e. The molecule has 26 heavy (non-hydrogen) atoms. The lowest BCUT2D eigenvalue weighted by Crippen LogP contribution is -2.36. The topological polar surface area (TPSA) is 76.0 Å². The third-order valence-corrected chi connectivity index (χ3v) is 4.82. The summed E-state index contributed by atoms with van der Waals surface area (Å²) in [7, 11) is 1.86. The van der Waals surface area contributed by atoms with Crippen molar-refractivity contribution in [3.05, 3.63) is 36.2 Å². The summed E-state index contributed by atoms with van der Waals surface area (Å²) >= 11 is 0. The molecule has 1 saturated heterocycles. The molecule has 0 saturated carbocycles. The second-order valence-corrected chi connectivity index (χ2v) is 6.64. The molecule has 4 heterocycles.